The molecule has 2 rings (SSSR count). The Bertz CT molecular complexity index is 304. The van der Waals surface area contributed by atoms with E-state index in [-0.39, 0.29) is 0 Å². The molecule has 1 aromatic heterocycles. The number of aromatic nitrogens is 1. The van der Waals surface area contributed by atoms with Crippen molar-refractivity contribution >= 4 is 11.9 Å². The second-order valence-electron chi connectivity index (χ2n) is 2.86. The van der Waals surface area contributed by atoms with Crippen molar-refractivity contribution in [2.24, 2.45) is 0 Å². The van der Waals surface area contributed by atoms with Crippen molar-refractivity contribution in [3.63, 3.8) is 0 Å². The smallest absolute Gasteiger partial charge is 0.136 e. The molecule has 0 fully saturated rings. The molecule has 0 amide bonds. The fourth-order valence-corrected chi connectivity index (χ4v) is 1.48. The van der Waals surface area contributed by atoms with Crippen molar-refractivity contribution in [2.45, 2.75) is 6.92 Å². The van der Waals surface area contributed by atoms with Gasteiger partial charge < -0.3 is 4.90 Å². The first-order chi connectivity index (χ1) is 5.92. The molecule has 1 aliphatic heterocycles. The molecule has 2 nitrogen and oxygen atoms in total. The molecule has 0 spiro atoms. The molecule has 2 heterocycles. The summed E-state index contributed by atoms with van der Waals surface area (Å²) in [6, 6.07) is 4.07. The van der Waals surface area contributed by atoms with Crippen molar-refractivity contribution in [1.29, 1.82) is 0 Å². The lowest BCUT2D eigenvalue weighted by atomic mass is 10.1. The maximum Gasteiger partial charge on any atom is 0.136 e. The highest BCUT2D eigenvalue weighted by atomic mass is 15.2. The Morgan fingerprint density at radius 2 is 2.50 bits per heavy atom. The van der Waals surface area contributed by atoms with Gasteiger partial charge in [-0.1, -0.05) is 12.2 Å². The number of fused-ring (bicyclic) bond motifs is 1. The molecule has 0 aliphatic carbocycles. The van der Waals surface area contributed by atoms with Crippen molar-refractivity contribution < 1.29 is 0 Å². The lowest BCUT2D eigenvalue weighted by Crippen LogP contribution is -2.26. The predicted molar refractivity (Wildman–Crippen MR) is 51.2 cm³/mol. The van der Waals surface area contributed by atoms with Crippen LogP contribution in [-0.2, 0) is 0 Å². The fraction of sp³-hybridized carbons (Fsp3) is 0.300. The highest BCUT2D eigenvalue weighted by Crippen LogP contribution is 2.21. The number of anilines is 1. The third-order valence-electron chi connectivity index (χ3n) is 2.12. The summed E-state index contributed by atoms with van der Waals surface area (Å²) >= 11 is 0. The van der Waals surface area contributed by atoms with Gasteiger partial charge in [0.2, 0.25) is 0 Å². The summed E-state index contributed by atoms with van der Waals surface area (Å²) in [5.41, 5.74) is 1.23. The van der Waals surface area contributed by atoms with Crippen LogP contribution in [-0.4, -0.2) is 18.1 Å². The average Bonchev–Trinajstić information content (AvgIpc) is 2.17. The zero-order chi connectivity index (χ0) is 8.39. The summed E-state index contributed by atoms with van der Waals surface area (Å²) in [4.78, 5) is 6.61. The summed E-state index contributed by atoms with van der Waals surface area (Å²) in [5, 5.41) is 0. The van der Waals surface area contributed by atoms with Gasteiger partial charge in [0, 0.05) is 24.8 Å². The topological polar surface area (TPSA) is 16.1 Å². The van der Waals surface area contributed by atoms with Crippen LogP contribution in [0.15, 0.2) is 24.4 Å². The monoisotopic (exact) mass is 160 g/mol. The van der Waals surface area contributed by atoms with E-state index in [2.05, 4.69) is 35.0 Å². The van der Waals surface area contributed by atoms with E-state index in [0.717, 1.165) is 18.9 Å². The van der Waals surface area contributed by atoms with Crippen LogP contribution in [0.25, 0.3) is 6.08 Å². The molecular formula is C10H12N2. The van der Waals surface area contributed by atoms with Crippen LogP contribution in [0.3, 0.4) is 0 Å². The second kappa shape index (κ2) is 2.97. The molecule has 0 saturated carbocycles. The van der Waals surface area contributed by atoms with Gasteiger partial charge in [-0.05, 0) is 19.1 Å². The molecular weight excluding hydrogens is 148 g/mol. The molecule has 1 aromatic rings. The molecule has 12 heavy (non-hydrogen) atoms. The molecule has 0 radical (unpaired) electrons. The van der Waals surface area contributed by atoms with Crippen LogP contribution < -0.4 is 4.90 Å². The van der Waals surface area contributed by atoms with Crippen LogP contribution in [0, 0.1) is 0 Å². The van der Waals surface area contributed by atoms with Gasteiger partial charge in [-0.2, -0.15) is 0 Å². The predicted octanol–water partition coefficient (Wildman–Crippen LogP) is 1.93. The Morgan fingerprint density at radius 3 is 3.33 bits per heavy atom. The van der Waals surface area contributed by atoms with Crippen LogP contribution in [0.1, 0.15) is 12.5 Å². The quantitative estimate of drug-likeness (QED) is 0.624. The summed E-state index contributed by atoms with van der Waals surface area (Å²) in [5.74, 6) is 1.11. The van der Waals surface area contributed by atoms with Gasteiger partial charge in [0.1, 0.15) is 5.82 Å². The van der Waals surface area contributed by atoms with Gasteiger partial charge >= 0.3 is 0 Å². The molecule has 0 N–H and O–H groups in total. The zero-order valence-corrected chi connectivity index (χ0v) is 7.20. The van der Waals surface area contributed by atoms with Crippen molar-refractivity contribution in [3.8, 4) is 0 Å². The number of hydrogen-bond acceptors (Lipinski definition) is 2. The Kier molecular flexibility index (Phi) is 1.82. The summed E-state index contributed by atoms with van der Waals surface area (Å²) in [6.07, 6.45) is 6.16. The number of hydrogen-bond donors (Lipinski definition) is 0. The van der Waals surface area contributed by atoms with E-state index in [1.807, 2.05) is 12.3 Å². The second-order valence-corrected chi connectivity index (χ2v) is 2.86. The Morgan fingerprint density at radius 1 is 1.58 bits per heavy atom. The molecule has 0 atom stereocenters. The third-order valence-corrected chi connectivity index (χ3v) is 2.12. The Balaban J connectivity index is 2.45. The average molecular weight is 160 g/mol. The molecule has 0 unspecified atom stereocenters. The van der Waals surface area contributed by atoms with E-state index in [1.165, 1.54) is 5.56 Å². The van der Waals surface area contributed by atoms with Gasteiger partial charge in [-0.25, -0.2) is 4.98 Å². The first kappa shape index (κ1) is 7.35. The Hall–Kier alpha value is -1.31. The standard InChI is InChI=1S/C10H12N2/c1-2-12-8-4-6-9-5-3-7-11-10(9)12/h3-7H,2,8H2,1H3. The van der Waals surface area contributed by atoms with E-state index >= 15 is 0 Å². The van der Waals surface area contributed by atoms with Gasteiger partial charge in [-0.3, -0.25) is 0 Å². The van der Waals surface area contributed by atoms with Crippen LogP contribution in [0.2, 0.25) is 0 Å². The van der Waals surface area contributed by atoms with E-state index in [1.54, 1.807) is 0 Å². The summed E-state index contributed by atoms with van der Waals surface area (Å²) in [6.45, 7) is 4.16. The van der Waals surface area contributed by atoms with E-state index < -0.39 is 0 Å². The maximum atomic E-state index is 4.35. The van der Waals surface area contributed by atoms with Gasteiger partial charge in [0.05, 0.1) is 0 Å². The van der Waals surface area contributed by atoms with Crippen LogP contribution >= 0.6 is 0 Å². The number of rotatable bonds is 1. The molecule has 1 aliphatic rings. The molecule has 0 bridgehead atoms. The van der Waals surface area contributed by atoms with E-state index in [4.69, 9.17) is 0 Å². The molecule has 0 saturated heterocycles. The largest absolute Gasteiger partial charge is 0.353 e. The highest BCUT2D eigenvalue weighted by Gasteiger charge is 2.10. The zero-order valence-electron chi connectivity index (χ0n) is 7.20. The van der Waals surface area contributed by atoms with Crippen LogP contribution in [0.5, 0.6) is 0 Å². The lowest BCUT2D eigenvalue weighted by molar-refractivity contribution is 0.874. The first-order valence-electron chi connectivity index (χ1n) is 4.28. The van der Waals surface area contributed by atoms with Crippen LogP contribution in [0.4, 0.5) is 5.82 Å². The third kappa shape index (κ3) is 1.09. The number of pyridine rings is 1. The fourth-order valence-electron chi connectivity index (χ4n) is 1.48. The number of nitrogens with zero attached hydrogens (tertiary/aromatic N) is 2. The molecule has 62 valence electrons. The Labute approximate surface area is 72.5 Å². The highest BCUT2D eigenvalue weighted by molar-refractivity contribution is 5.67. The minimum atomic E-state index is 0.987. The van der Waals surface area contributed by atoms with Gasteiger partial charge in [-0.15, -0.1) is 0 Å². The lowest BCUT2D eigenvalue weighted by Gasteiger charge is -2.24. The minimum absolute atomic E-state index is 0.987. The molecule has 2 heteroatoms. The van der Waals surface area contributed by atoms with E-state index in [0.29, 0.717) is 0 Å². The number of likely N-dealkylation sites (N-methyl/N-ethyl adjacent to an activating group) is 1. The van der Waals surface area contributed by atoms with Crippen molar-refractivity contribution in [1.82, 2.24) is 4.98 Å². The molecule has 0 aromatic carbocycles. The van der Waals surface area contributed by atoms with E-state index in [9.17, 15) is 0 Å². The van der Waals surface area contributed by atoms with Crippen molar-refractivity contribution in [2.75, 3.05) is 18.0 Å². The van der Waals surface area contributed by atoms with Crippen molar-refractivity contribution in [3.05, 3.63) is 30.0 Å². The normalized spacial score (nSPS) is 14.6. The summed E-state index contributed by atoms with van der Waals surface area (Å²) < 4.78 is 0. The van der Waals surface area contributed by atoms with Gasteiger partial charge in [0.25, 0.3) is 0 Å². The summed E-state index contributed by atoms with van der Waals surface area (Å²) in [7, 11) is 0. The maximum absolute atomic E-state index is 4.35. The van der Waals surface area contributed by atoms with Gasteiger partial charge in [0.15, 0.2) is 0 Å². The SMILES string of the molecule is CCN1CC=Cc2cccnc21. The minimum Gasteiger partial charge on any atom is -0.353 e. The first-order valence-corrected chi connectivity index (χ1v) is 4.28.